The number of hydrogen-bond acceptors (Lipinski definition) is 3. The van der Waals surface area contributed by atoms with E-state index in [1.54, 1.807) is 12.1 Å². The number of amides is 1. The number of rotatable bonds is 4. The number of anilines is 1. The van der Waals surface area contributed by atoms with Crippen LogP contribution in [0.15, 0.2) is 60.7 Å². The van der Waals surface area contributed by atoms with E-state index in [-0.39, 0.29) is 17.6 Å². The first kappa shape index (κ1) is 18.1. The van der Waals surface area contributed by atoms with Crippen molar-refractivity contribution in [2.75, 3.05) is 11.9 Å². The topological polar surface area (TPSA) is 58.6 Å². The van der Waals surface area contributed by atoms with E-state index < -0.39 is 0 Å². The third-order valence-electron chi connectivity index (χ3n) is 5.61. The first-order valence-corrected chi connectivity index (χ1v) is 9.40. The van der Waals surface area contributed by atoms with Gasteiger partial charge >= 0.3 is 0 Å². The van der Waals surface area contributed by atoms with E-state index >= 15 is 0 Å². The van der Waals surface area contributed by atoms with Crippen LogP contribution >= 0.6 is 0 Å². The zero-order chi connectivity index (χ0) is 19.7. The van der Waals surface area contributed by atoms with E-state index in [1.807, 2.05) is 30.3 Å². The standard InChI is InChI=1S/C24H23NO3/c1-15-3-4-18(11-16(15)2)22-13-28-23-12-20(27)9-10-21(23)24(22)17-5-7-19(8-6-17)25-14-26/h3-12,14,22,24,27H,13H2,1-2H3,(H,25,26). The summed E-state index contributed by atoms with van der Waals surface area (Å²) in [5, 5.41) is 12.6. The quantitative estimate of drug-likeness (QED) is 0.641. The predicted molar refractivity (Wildman–Crippen MR) is 110 cm³/mol. The van der Waals surface area contributed by atoms with Crippen molar-refractivity contribution in [1.29, 1.82) is 0 Å². The smallest absolute Gasteiger partial charge is 0.211 e. The van der Waals surface area contributed by atoms with Crippen molar-refractivity contribution >= 4 is 12.1 Å². The molecule has 1 heterocycles. The van der Waals surface area contributed by atoms with E-state index in [2.05, 4.69) is 37.4 Å². The Morgan fingerprint density at radius 3 is 2.43 bits per heavy atom. The van der Waals surface area contributed by atoms with Gasteiger partial charge < -0.3 is 15.2 Å². The molecule has 0 bridgehead atoms. The van der Waals surface area contributed by atoms with Crippen LogP contribution in [0.25, 0.3) is 0 Å². The summed E-state index contributed by atoms with van der Waals surface area (Å²) < 4.78 is 6.04. The summed E-state index contributed by atoms with van der Waals surface area (Å²) in [5.74, 6) is 1.17. The van der Waals surface area contributed by atoms with E-state index in [0.717, 1.165) is 22.6 Å². The van der Waals surface area contributed by atoms with Crippen LogP contribution in [0.4, 0.5) is 5.69 Å². The van der Waals surface area contributed by atoms with Crippen LogP contribution in [0.2, 0.25) is 0 Å². The molecule has 0 spiro atoms. The molecule has 2 unspecified atom stereocenters. The molecule has 2 N–H and O–H groups in total. The van der Waals surface area contributed by atoms with Crippen molar-refractivity contribution < 1.29 is 14.6 Å². The molecule has 1 aliphatic heterocycles. The van der Waals surface area contributed by atoms with Crippen LogP contribution in [0.1, 0.15) is 39.7 Å². The number of carbonyl (C=O) groups is 1. The van der Waals surface area contributed by atoms with Gasteiger partial charge in [-0.25, -0.2) is 0 Å². The van der Waals surface area contributed by atoms with E-state index in [9.17, 15) is 9.90 Å². The average molecular weight is 373 g/mol. The molecular weight excluding hydrogens is 350 g/mol. The minimum atomic E-state index is 0.0942. The molecule has 0 saturated carbocycles. The summed E-state index contributed by atoms with van der Waals surface area (Å²) in [5.41, 5.74) is 6.74. The maximum atomic E-state index is 10.7. The number of hydrogen-bond donors (Lipinski definition) is 2. The lowest BCUT2D eigenvalue weighted by Crippen LogP contribution is -2.25. The van der Waals surface area contributed by atoms with Gasteiger partial charge in [0.25, 0.3) is 0 Å². The summed E-state index contributed by atoms with van der Waals surface area (Å²) in [6.45, 7) is 4.78. The highest BCUT2D eigenvalue weighted by atomic mass is 16.5. The molecule has 28 heavy (non-hydrogen) atoms. The second-order valence-corrected chi connectivity index (χ2v) is 7.35. The Morgan fingerprint density at radius 1 is 0.964 bits per heavy atom. The Hall–Kier alpha value is -3.27. The molecule has 1 amide bonds. The summed E-state index contributed by atoms with van der Waals surface area (Å²) >= 11 is 0. The van der Waals surface area contributed by atoms with Crippen LogP contribution in [0.3, 0.4) is 0 Å². The predicted octanol–water partition coefficient (Wildman–Crippen LogP) is 4.89. The lowest BCUT2D eigenvalue weighted by Gasteiger charge is -2.35. The molecule has 1 aliphatic rings. The minimum absolute atomic E-state index is 0.0942. The molecule has 142 valence electrons. The van der Waals surface area contributed by atoms with Gasteiger partial charge in [-0.15, -0.1) is 0 Å². The van der Waals surface area contributed by atoms with Gasteiger partial charge in [0, 0.05) is 29.2 Å². The third kappa shape index (κ3) is 3.33. The molecule has 0 radical (unpaired) electrons. The molecule has 4 heteroatoms. The Kier molecular flexibility index (Phi) is 4.78. The Balaban J connectivity index is 1.81. The highest BCUT2D eigenvalue weighted by Gasteiger charge is 2.33. The third-order valence-corrected chi connectivity index (χ3v) is 5.61. The molecule has 0 aromatic heterocycles. The lowest BCUT2D eigenvalue weighted by atomic mass is 9.75. The molecule has 0 saturated heterocycles. The lowest BCUT2D eigenvalue weighted by molar-refractivity contribution is -0.105. The Bertz CT molecular complexity index is 1010. The summed E-state index contributed by atoms with van der Waals surface area (Å²) in [7, 11) is 0. The van der Waals surface area contributed by atoms with Crippen LogP contribution in [-0.4, -0.2) is 18.1 Å². The second-order valence-electron chi connectivity index (χ2n) is 7.35. The molecular formula is C24H23NO3. The molecule has 0 aliphatic carbocycles. The zero-order valence-corrected chi connectivity index (χ0v) is 16.0. The summed E-state index contributed by atoms with van der Waals surface area (Å²) in [4.78, 5) is 10.7. The number of aryl methyl sites for hydroxylation is 2. The first-order chi connectivity index (χ1) is 13.6. The van der Waals surface area contributed by atoms with Crippen molar-refractivity contribution in [3.8, 4) is 11.5 Å². The van der Waals surface area contributed by atoms with Gasteiger partial charge in [-0.2, -0.15) is 0 Å². The van der Waals surface area contributed by atoms with Crippen LogP contribution in [-0.2, 0) is 4.79 Å². The number of aromatic hydroxyl groups is 1. The first-order valence-electron chi connectivity index (χ1n) is 9.40. The largest absolute Gasteiger partial charge is 0.508 e. The number of nitrogens with one attached hydrogen (secondary N) is 1. The molecule has 3 aromatic carbocycles. The van der Waals surface area contributed by atoms with Gasteiger partial charge in [0.15, 0.2) is 0 Å². The number of carbonyl (C=O) groups excluding carboxylic acids is 1. The molecule has 4 nitrogen and oxygen atoms in total. The zero-order valence-electron chi connectivity index (χ0n) is 16.0. The van der Waals surface area contributed by atoms with Gasteiger partial charge in [-0.3, -0.25) is 4.79 Å². The van der Waals surface area contributed by atoms with Crippen molar-refractivity contribution in [2.24, 2.45) is 0 Å². The SMILES string of the molecule is Cc1ccc(C2COc3cc(O)ccc3C2c2ccc(NC=O)cc2)cc1C. The van der Waals surface area contributed by atoms with E-state index in [1.165, 1.54) is 16.7 Å². The maximum Gasteiger partial charge on any atom is 0.211 e. The molecule has 2 atom stereocenters. The number of benzene rings is 3. The van der Waals surface area contributed by atoms with Gasteiger partial charge in [-0.1, -0.05) is 36.4 Å². The van der Waals surface area contributed by atoms with Crippen molar-refractivity contribution in [3.05, 3.63) is 88.5 Å². The van der Waals surface area contributed by atoms with Gasteiger partial charge in [0.1, 0.15) is 11.5 Å². The fourth-order valence-electron chi connectivity index (χ4n) is 3.95. The molecule has 0 fully saturated rings. The normalized spacial score (nSPS) is 18.1. The highest BCUT2D eigenvalue weighted by molar-refractivity contribution is 5.71. The number of phenolic OH excluding ortho intramolecular Hbond substituents is 1. The van der Waals surface area contributed by atoms with Crippen molar-refractivity contribution in [3.63, 3.8) is 0 Å². The van der Waals surface area contributed by atoms with E-state index in [0.29, 0.717) is 13.0 Å². The summed E-state index contributed by atoms with van der Waals surface area (Å²) in [6, 6.07) is 19.8. The van der Waals surface area contributed by atoms with Gasteiger partial charge in [-0.05, 0) is 54.3 Å². The van der Waals surface area contributed by atoms with Gasteiger partial charge in [0.05, 0.1) is 6.61 Å². The van der Waals surface area contributed by atoms with Crippen LogP contribution < -0.4 is 10.1 Å². The molecule has 3 aromatic rings. The number of fused-ring (bicyclic) bond motifs is 1. The highest BCUT2D eigenvalue weighted by Crippen LogP contribution is 2.47. The van der Waals surface area contributed by atoms with Crippen LogP contribution in [0.5, 0.6) is 11.5 Å². The second kappa shape index (κ2) is 7.39. The monoisotopic (exact) mass is 373 g/mol. The maximum absolute atomic E-state index is 10.7. The number of phenols is 1. The van der Waals surface area contributed by atoms with Crippen molar-refractivity contribution in [1.82, 2.24) is 0 Å². The summed E-state index contributed by atoms with van der Waals surface area (Å²) in [6.07, 6.45) is 0.680. The fraction of sp³-hybridized carbons (Fsp3) is 0.208. The minimum Gasteiger partial charge on any atom is -0.508 e. The number of ether oxygens (including phenoxy) is 1. The van der Waals surface area contributed by atoms with E-state index in [4.69, 9.17) is 4.74 Å². The fourth-order valence-corrected chi connectivity index (χ4v) is 3.95. The average Bonchev–Trinajstić information content (AvgIpc) is 2.70. The molecule has 4 rings (SSSR count). The van der Waals surface area contributed by atoms with Crippen LogP contribution in [0, 0.1) is 13.8 Å². The Labute approximate surface area is 164 Å². The Morgan fingerprint density at radius 2 is 1.71 bits per heavy atom. The van der Waals surface area contributed by atoms with Gasteiger partial charge in [0.2, 0.25) is 6.41 Å². The van der Waals surface area contributed by atoms with Crippen molar-refractivity contribution in [2.45, 2.75) is 25.7 Å².